The number of primary amides is 1. The van der Waals surface area contributed by atoms with E-state index in [0.717, 1.165) is 9.80 Å². The SMILES string of the molecule is CC[C@@H]1NC(=O)[C@H]([C@H](O)[C@H](C)Cc2nc3ccc(C(=O)N[C@@H](CS)C(=O)N[C@@H](C)C(N)=O)cc3[nH]2)NC(=O)[C@H](C(C)C)N(C)C(=O)[C@H](CC(C)C)N(C)C(=O)[C@H](CC(C)C)N(C)C(=O)[C@@H](C)NC(=O)[C@H](C)NC(=O)[C@H](CC(C)C)N(C)C(=O)[C@H](C(C)C)NC(=O)[C@H](CC(C)C)N(C)C(=O)CN(C)C1=O. The van der Waals surface area contributed by atoms with Crippen molar-refractivity contribution in [3.8, 4) is 0 Å². The van der Waals surface area contributed by atoms with Crippen LogP contribution in [0.25, 0.3) is 11.0 Å². The van der Waals surface area contributed by atoms with E-state index in [4.69, 9.17) is 5.73 Å². The zero-order valence-corrected chi connectivity index (χ0v) is 66.1. The van der Waals surface area contributed by atoms with Gasteiger partial charge in [0.1, 0.15) is 78.3 Å². The number of thiol groups is 1. The first-order chi connectivity index (χ1) is 48.2. The van der Waals surface area contributed by atoms with Crippen LogP contribution in [0.4, 0.5) is 0 Å². The summed E-state index contributed by atoms with van der Waals surface area (Å²) in [6.07, 6.45) is -1.56. The molecule has 0 spiro atoms. The molecule has 2 aromatic rings. The predicted molar refractivity (Wildman–Crippen MR) is 396 cm³/mol. The van der Waals surface area contributed by atoms with Crippen LogP contribution in [0.1, 0.15) is 166 Å². The lowest BCUT2D eigenvalue weighted by atomic mass is 9.92. The maximum Gasteiger partial charge on any atom is 0.252 e. The Bertz CT molecular complexity index is 3380. The molecular formula is C72H120N16O15S. The van der Waals surface area contributed by atoms with Gasteiger partial charge in [-0.15, -0.1) is 0 Å². The average Bonchev–Trinajstić information content (AvgIpc) is 1.41. The summed E-state index contributed by atoms with van der Waals surface area (Å²) in [5.74, 6) is -13.3. The van der Waals surface area contributed by atoms with Gasteiger partial charge in [-0.3, -0.25) is 67.1 Å². The second-order valence-electron chi connectivity index (χ2n) is 30.3. The Balaban J connectivity index is 2.29. The van der Waals surface area contributed by atoms with E-state index in [1.807, 2.05) is 55.4 Å². The van der Waals surface area contributed by atoms with Gasteiger partial charge in [-0.05, 0) is 112 Å². The third-order valence-corrected chi connectivity index (χ3v) is 19.2. The lowest BCUT2D eigenvalue weighted by Crippen LogP contribution is -2.63. The summed E-state index contributed by atoms with van der Waals surface area (Å²) < 4.78 is 0. The Labute approximate surface area is 618 Å². The summed E-state index contributed by atoms with van der Waals surface area (Å²) >= 11 is 4.20. The number of hydrogen-bond donors (Lipinski definition) is 11. The Morgan fingerprint density at radius 1 is 0.567 bits per heavy atom. The van der Waals surface area contributed by atoms with E-state index in [1.54, 1.807) is 41.5 Å². The fourth-order valence-corrected chi connectivity index (χ4v) is 12.7. The third kappa shape index (κ3) is 24.6. The van der Waals surface area contributed by atoms with Crippen LogP contribution in [0.3, 0.4) is 0 Å². The molecule has 0 radical (unpaired) electrons. The van der Waals surface area contributed by atoms with Crippen molar-refractivity contribution in [3.05, 3.63) is 29.6 Å². The number of aromatic nitrogens is 2. The molecule has 11 N–H and O–H groups in total. The molecule has 0 aliphatic carbocycles. The maximum absolute atomic E-state index is 15.3. The fraction of sp³-hybridized carbons (Fsp3) is 0.708. The number of carbonyl (C=O) groups is 14. The molecule has 2 heterocycles. The highest BCUT2D eigenvalue weighted by Crippen LogP contribution is 2.25. The smallest absolute Gasteiger partial charge is 0.252 e. The van der Waals surface area contributed by atoms with Gasteiger partial charge >= 0.3 is 0 Å². The van der Waals surface area contributed by atoms with Crippen molar-refractivity contribution in [2.75, 3.05) is 54.6 Å². The van der Waals surface area contributed by atoms with Gasteiger partial charge in [-0.1, -0.05) is 96.9 Å². The monoisotopic (exact) mass is 1480 g/mol. The molecule has 0 saturated carbocycles. The van der Waals surface area contributed by atoms with Gasteiger partial charge in [0, 0.05) is 60.0 Å². The molecule has 104 heavy (non-hydrogen) atoms. The number of fused-ring (bicyclic) bond motifs is 1. The van der Waals surface area contributed by atoms with E-state index in [1.165, 1.54) is 101 Å². The van der Waals surface area contributed by atoms with Gasteiger partial charge < -0.3 is 82.4 Å². The van der Waals surface area contributed by atoms with E-state index in [-0.39, 0.29) is 79.3 Å². The minimum Gasteiger partial charge on any atom is -0.390 e. The number of amides is 14. The van der Waals surface area contributed by atoms with E-state index in [0.29, 0.717) is 11.0 Å². The second kappa shape index (κ2) is 40.2. The van der Waals surface area contributed by atoms with Crippen LogP contribution >= 0.6 is 12.6 Å². The van der Waals surface area contributed by atoms with Gasteiger partial charge in [-0.2, -0.15) is 12.6 Å². The van der Waals surface area contributed by atoms with Crippen LogP contribution in [0, 0.1) is 41.4 Å². The number of nitrogens with two attached hydrogens (primary N) is 1. The van der Waals surface area contributed by atoms with Crippen LogP contribution in [-0.4, -0.2) is 260 Å². The number of hydrogen-bond acceptors (Lipinski definition) is 17. The molecule has 14 atom stereocenters. The Morgan fingerprint density at radius 3 is 1.55 bits per heavy atom. The van der Waals surface area contributed by atoms with Crippen LogP contribution in [0.5, 0.6) is 0 Å². The molecule has 1 aliphatic rings. The van der Waals surface area contributed by atoms with Crippen LogP contribution in [0.15, 0.2) is 18.2 Å². The molecule has 31 nitrogen and oxygen atoms in total. The Hall–Kier alpha value is -8.42. The zero-order valence-electron chi connectivity index (χ0n) is 65.3. The second-order valence-corrected chi connectivity index (χ2v) is 30.7. The first-order valence-corrected chi connectivity index (χ1v) is 36.6. The number of H-pyrrole nitrogens is 1. The lowest BCUT2D eigenvalue weighted by molar-refractivity contribution is -0.154. The molecule has 1 aromatic carbocycles. The minimum absolute atomic E-state index is 0.0719. The normalized spacial score (nSPS) is 24.5. The quantitative estimate of drug-likeness (QED) is 0.0780. The van der Waals surface area contributed by atoms with Crippen molar-refractivity contribution in [3.63, 3.8) is 0 Å². The maximum atomic E-state index is 15.3. The van der Waals surface area contributed by atoms with Crippen LogP contribution in [0.2, 0.25) is 0 Å². The highest BCUT2D eigenvalue weighted by Gasteiger charge is 2.44. The summed E-state index contributed by atoms with van der Waals surface area (Å²) in [7, 11) is 8.32. The standard InChI is InChI=1S/C72H120N16O15S/c1-24-46-69(100)83(18)33-55(89)84(19)50(27-35(2)3)65(96)81-56(39(10)11)72(103)85(20)51(28-36(4)5)64(95)75-43(16)61(92)76-44(17)68(99)86(21)52(29-37(6)7)70(101)87(22)53(30-38(8)9)71(102)88(23)58(40(12)13)67(98)82-57(66(97)79-46)59(90)41(14)31-54-77-47-26-25-45(32-48(47)78-54)62(93)80-49(34-104)63(94)74-42(15)60(73)91/h25-26,32,35-44,46,49-53,56-59,90,104H,24,27-31,33-34H2,1-23H3,(H2,73,91)(H,74,94)(H,75,95)(H,76,92)(H,77,78)(H,79,97)(H,80,93)(H,81,96)(H,82,98)/t41-,42+,43+,44-,46+,49+,50+,51+,52+,53+,56+,57+,58+,59-/m1/s1. The van der Waals surface area contributed by atoms with E-state index in [2.05, 4.69) is 59.8 Å². The van der Waals surface area contributed by atoms with E-state index < -0.39 is 186 Å². The van der Waals surface area contributed by atoms with Gasteiger partial charge in [-0.25, -0.2) is 4.98 Å². The molecule has 14 amide bonds. The molecule has 584 valence electrons. The molecule has 1 fully saturated rings. The number of aliphatic hydroxyl groups excluding tert-OH is 1. The lowest BCUT2D eigenvalue weighted by Gasteiger charge is -2.40. The summed E-state index contributed by atoms with van der Waals surface area (Å²) in [5, 5.41) is 31.1. The van der Waals surface area contributed by atoms with Crippen molar-refractivity contribution in [1.82, 2.24) is 76.6 Å². The van der Waals surface area contributed by atoms with Crippen molar-refractivity contribution in [2.45, 2.75) is 235 Å². The predicted octanol–water partition coefficient (Wildman–Crippen LogP) is 1.10. The molecule has 3 rings (SSSR count). The average molecular weight is 1480 g/mol. The van der Waals surface area contributed by atoms with Crippen LogP contribution < -0.4 is 43.0 Å². The molecule has 1 aromatic heterocycles. The van der Waals surface area contributed by atoms with Crippen molar-refractivity contribution in [2.24, 2.45) is 47.2 Å². The number of rotatable bonds is 21. The molecule has 0 unspecified atom stereocenters. The van der Waals surface area contributed by atoms with E-state index >= 15 is 19.2 Å². The largest absolute Gasteiger partial charge is 0.390 e. The summed E-state index contributed by atoms with van der Waals surface area (Å²) in [6, 6.07) is -11.0. The summed E-state index contributed by atoms with van der Waals surface area (Å²) in [4.78, 5) is 215. The van der Waals surface area contributed by atoms with Gasteiger partial charge in [0.15, 0.2) is 0 Å². The first kappa shape index (κ1) is 89.8. The van der Waals surface area contributed by atoms with E-state index in [9.17, 15) is 53.1 Å². The fourth-order valence-electron chi connectivity index (χ4n) is 12.4. The Kier molecular flexibility index (Phi) is 34.7. The number of nitrogens with one attached hydrogen (secondary N) is 8. The molecule has 32 heteroatoms. The number of imidazole rings is 1. The summed E-state index contributed by atoms with van der Waals surface area (Å²) in [6.45, 7) is 28.2. The number of carbonyl (C=O) groups excluding carboxylic acids is 14. The van der Waals surface area contributed by atoms with Gasteiger partial charge in [0.25, 0.3) is 5.91 Å². The molecule has 0 bridgehead atoms. The number of likely N-dealkylation sites (N-methyl/N-ethyl adjacent to an activating group) is 6. The molecule has 1 saturated heterocycles. The minimum atomic E-state index is -1.88. The van der Waals surface area contributed by atoms with Gasteiger partial charge in [0.2, 0.25) is 76.8 Å². The van der Waals surface area contributed by atoms with Crippen LogP contribution in [-0.2, 0) is 68.7 Å². The highest BCUT2D eigenvalue weighted by molar-refractivity contribution is 7.80. The zero-order chi connectivity index (χ0) is 79.5. The number of nitrogens with zero attached hydrogens (tertiary/aromatic N) is 7. The summed E-state index contributed by atoms with van der Waals surface area (Å²) in [5.41, 5.74) is 6.15. The number of aliphatic hydroxyl groups is 1. The van der Waals surface area contributed by atoms with Crippen molar-refractivity contribution < 1.29 is 72.2 Å². The molecule has 1 aliphatic heterocycles. The molecular weight excluding hydrogens is 1360 g/mol. The first-order valence-electron chi connectivity index (χ1n) is 36.0. The number of aromatic amines is 1. The van der Waals surface area contributed by atoms with Crippen molar-refractivity contribution in [1.29, 1.82) is 0 Å². The highest BCUT2D eigenvalue weighted by atomic mass is 32.1. The number of benzene rings is 1. The topological polar surface area (TPSA) is 418 Å². The van der Waals surface area contributed by atoms with Crippen molar-refractivity contribution >= 4 is 106 Å². The third-order valence-electron chi connectivity index (χ3n) is 18.8. The Morgan fingerprint density at radius 2 is 1.05 bits per heavy atom. The van der Waals surface area contributed by atoms with Gasteiger partial charge in [0.05, 0.1) is 23.7 Å².